The molecule has 0 bridgehead atoms. The lowest BCUT2D eigenvalue weighted by Gasteiger charge is -2.43. The third kappa shape index (κ3) is 6.93. The first-order chi connectivity index (χ1) is 18.6. The molecule has 0 aliphatic carbocycles. The Morgan fingerprint density at radius 3 is 1.24 bits per heavy atom. The van der Waals surface area contributed by atoms with E-state index < -0.39 is 6.15 Å². The molecule has 0 aromatic heterocycles. The van der Waals surface area contributed by atoms with Gasteiger partial charge in [-0.3, -0.25) is 4.79 Å². The number of benzene rings is 5. The first-order valence-electron chi connectivity index (χ1n) is 13.1. The molecule has 0 radical (unpaired) electrons. The van der Waals surface area contributed by atoms with Gasteiger partial charge in [0, 0.05) is 5.56 Å². The minimum Gasteiger partial charge on any atom is -0.289 e. The van der Waals surface area contributed by atoms with E-state index in [1.165, 1.54) is 22.0 Å². The Balaban J connectivity index is 0.000000236. The summed E-state index contributed by atoms with van der Waals surface area (Å²) in [6.07, 6.45) is 4.06. The SMILES string of the molecule is C[S+](C)CC(=O)c1ccccc1.c1ccc(C[B-](c2ccccc2)(c2ccccc2)c2ccccc2)cc1. The number of ketones is 1. The molecule has 0 atom stereocenters. The van der Waals surface area contributed by atoms with Gasteiger partial charge in [-0.25, -0.2) is 0 Å². The van der Waals surface area contributed by atoms with Crippen molar-refractivity contribution in [1.29, 1.82) is 0 Å². The summed E-state index contributed by atoms with van der Waals surface area (Å²) >= 11 is 0. The number of hydrogen-bond acceptors (Lipinski definition) is 1. The summed E-state index contributed by atoms with van der Waals surface area (Å²) in [7, 11) is 0.204. The maximum Gasteiger partial charge on any atom is 0.211 e. The quantitative estimate of drug-likeness (QED) is 0.148. The Bertz CT molecular complexity index is 1280. The van der Waals surface area contributed by atoms with Gasteiger partial charge >= 0.3 is 0 Å². The van der Waals surface area contributed by atoms with Crippen molar-refractivity contribution in [2.24, 2.45) is 0 Å². The zero-order valence-corrected chi connectivity index (χ0v) is 23.1. The van der Waals surface area contributed by atoms with Crippen molar-refractivity contribution in [3.63, 3.8) is 0 Å². The van der Waals surface area contributed by atoms with Gasteiger partial charge in [-0.05, 0) is 10.9 Å². The smallest absolute Gasteiger partial charge is 0.211 e. The number of hydrogen-bond donors (Lipinski definition) is 0. The molecule has 0 aliphatic rings. The van der Waals surface area contributed by atoms with Crippen molar-refractivity contribution in [3.8, 4) is 0 Å². The van der Waals surface area contributed by atoms with Crippen LogP contribution >= 0.6 is 0 Å². The van der Waals surface area contributed by atoms with Gasteiger partial charge in [0.15, 0.2) is 5.75 Å². The fourth-order valence-electron chi connectivity index (χ4n) is 5.21. The van der Waals surface area contributed by atoms with Gasteiger partial charge in [0.25, 0.3) is 0 Å². The van der Waals surface area contributed by atoms with Crippen molar-refractivity contribution in [2.75, 3.05) is 18.3 Å². The minimum absolute atomic E-state index is 0.204. The van der Waals surface area contributed by atoms with E-state index >= 15 is 0 Å². The van der Waals surface area contributed by atoms with Gasteiger partial charge in [0.05, 0.1) is 18.7 Å². The second-order valence-corrected chi connectivity index (χ2v) is 12.1. The fourth-order valence-corrected chi connectivity index (χ4v) is 5.90. The first-order valence-corrected chi connectivity index (χ1v) is 15.3. The lowest BCUT2D eigenvalue weighted by molar-refractivity contribution is 0.102. The van der Waals surface area contributed by atoms with E-state index in [0.29, 0.717) is 5.75 Å². The van der Waals surface area contributed by atoms with Crippen LogP contribution in [0.5, 0.6) is 0 Å². The normalized spacial score (nSPS) is 10.9. The first kappa shape index (κ1) is 27.2. The van der Waals surface area contributed by atoms with Gasteiger partial charge in [0.1, 0.15) is 0 Å². The van der Waals surface area contributed by atoms with Crippen molar-refractivity contribution in [2.45, 2.75) is 6.32 Å². The minimum atomic E-state index is -1.09. The third-order valence-electron chi connectivity index (χ3n) is 7.01. The van der Waals surface area contributed by atoms with Gasteiger partial charge < -0.3 is 0 Å². The monoisotopic (exact) mass is 514 g/mol. The van der Waals surface area contributed by atoms with Crippen LogP contribution in [0.25, 0.3) is 0 Å². The zero-order valence-electron chi connectivity index (χ0n) is 22.2. The van der Waals surface area contributed by atoms with Crippen LogP contribution < -0.4 is 16.4 Å². The molecule has 1 nitrogen and oxygen atoms in total. The van der Waals surface area contributed by atoms with E-state index in [-0.39, 0.29) is 16.7 Å². The standard InChI is InChI=1S/C25H22B.C10H13OS/c1-5-13-22(14-6-1)21-26(23-15-7-2-8-16-23,24-17-9-3-10-18-24)25-19-11-4-12-20-25;1-12(2)8-10(11)9-6-4-3-5-7-9/h1-20H,21H2;3-7H,8H2,1-2H3/q-1;+1. The second-order valence-electron chi connectivity index (χ2n) is 9.89. The second kappa shape index (κ2) is 13.6. The van der Waals surface area contributed by atoms with Crippen LogP contribution in [0.3, 0.4) is 0 Å². The molecule has 190 valence electrons. The predicted octanol–water partition coefficient (Wildman–Crippen LogP) is 5.69. The molecule has 0 unspecified atom stereocenters. The molecule has 0 N–H and O–H groups in total. The van der Waals surface area contributed by atoms with E-state index in [1.54, 1.807) is 0 Å². The molecule has 0 saturated carbocycles. The summed E-state index contributed by atoms with van der Waals surface area (Å²) in [4.78, 5) is 11.5. The summed E-state index contributed by atoms with van der Waals surface area (Å²) in [5.74, 6) is 0.924. The Labute approximate surface area is 230 Å². The topological polar surface area (TPSA) is 17.1 Å². The summed E-state index contributed by atoms with van der Waals surface area (Å²) in [5, 5.41) is 0. The lowest BCUT2D eigenvalue weighted by Crippen LogP contribution is -2.68. The average molecular weight is 515 g/mol. The highest BCUT2D eigenvalue weighted by molar-refractivity contribution is 7.96. The van der Waals surface area contributed by atoms with Crippen LogP contribution in [0.15, 0.2) is 152 Å². The van der Waals surface area contributed by atoms with E-state index in [9.17, 15) is 4.79 Å². The molecular formula is C35H35BOS. The number of Topliss-reactive ketones (excluding diaryl/α,β-unsaturated/α-hetero) is 1. The summed E-state index contributed by atoms with van der Waals surface area (Å²) in [6, 6.07) is 53.2. The summed E-state index contributed by atoms with van der Waals surface area (Å²) in [6.45, 7) is 0. The van der Waals surface area contributed by atoms with Gasteiger partial charge in [-0.1, -0.05) is 157 Å². The van der Waals surface area contributed by atoms with Crippen LogP contribution in [0.2, 0.25) is 0 Å². The van der Waals surface area contributed by atoms with Crippen LogP contribution in [-0.4, -0.2) is 30.2 Å². The maximum absolute atomic E-state index is 11.5. The van der Waals surface area contributed by atoms with Crippen molar-refractivity contribution >= 4 is 39.2 Å². The third-order valence-corrected chi connectivity index (χ3v) is 7.85. The Morgan fingerprint density at radius 2 is 0.868 bits per heavy atom. The number of rotatable bonds is 8. The zero-order chi connectivity index (χ0) is 26.6. The Morgan fingerprint density at radius 1 is 0.526 bits per heavy atom. The maximum atomic E-state index is 11.5. The van der Waals surface area contributed by atoms with E-state index in [4.69, 9.17) is 0 Å². The van der Waals surface area contributed by atoms with E-state index in [2.05, 4.69) is 134 Å². The van der Waals surface area contributed by atoms with E-state index in [1.807, 2.05) is 30.3 Å². The highest BCUT2D eigenvalue weighted by atomic mass is 32.2. The van der Waals surface area contributed by atoms with Gasteiger partial charge in [0.2, 0.25) is 5.78 Å². The fraction of sp³-hybridized carbons (Fsp3) is 0.114. The molecule has 0 amide bonds. The van der Waals surface area contributed by atoms with Crippen LogP contribution in [0, 0.1) is 0 Å². The van der Waals surface area contributed by atoms with Crippen LogP contribution in [-0.2, 0) is 17.2 Å². The van der Waals surface area contributed by atoms with Crippen molar-refractivity contribution in [1.82, 2.24) is 0 Å². The average Bonchev–Trinajstić information content (AvgIpc) is 2.98. The lowest BCUT2D eigenvalue weighted by atomic mass is 9.14. The summed E-state index contributed by atoms with van der Waals surface area (Å²) < 4.78 is 0. The number of carbonyl (C=O) groups is 1. The van der Waals surface area contributed by atoms with Crippen LogP contribution in [0.1, 0.15) is 15.9 Å². The molecule has 0 heterocycles. The highest BCUT2D eigenvalue weighted by Crippen LogP contribution is 2.15. The molecule has 0 fully saturated rings. The molecule has 0 aliphatic heterocycles. The molecule has 5 rings (SSSR count). The molecule has 3 heteroatoms. The van der Waals surface area contributed by atoms with E-state index in [0.717, 1.165) is 11.9 Å². The highest BCUT2D eigenvalue weighted by Gasteiger charge is 2.29. The Kier molecular flexibility index (Phi) is 9.78. The van der Waals surface area contributed by atoms with Gasteiger partial charge in [-0.15, -0.1) is 6.32 Å². The molecule has 0 saturated heterocycles. The largest absolute Gasteiger partial charge is 0.289 e. The number of carbonyl (C=O) groups excluding carboxylic acids is 1. The molecular weight excluding hydrogens is 479 g/mol. The molecule has 5 aromatic carbocycles. The molecule has 5 aromatic rings. The van der Waals surface area contributed by atoms with Crippen molar-refractivity contribution < 1.29 is 4.79 Å². The van der Waals surface area contributed by atoms with Crippen molar-refractivity contribution in [3.05, 3.63) is 163 Å². The molecule has 0 spiro atoms. The predicted molar refractivity (Wildman–Crippen MR) is 169 cm³/mol. The van der Waals surface area contributed by atoms with Gasteiger partial charge in [-0.2, -0.15) is 16.4 Å². The Hall–Kier alpha value is -3.82. The van der Waals surface area contributed by atoms with Crippen LogP contribution in [0.4, 0.5) is 0 Å². The summed E-state index contributed by atoms with van der Waals surface area (Å²) in [5.41, 5.74) is 6.35. The molecule has 38 heavy (non-hydrogen) atoms.